The van der Waals surface area contributed by atoms with Gasteiger partial charge in [-0.15, -0.1) is 0 Å². The highest BCUT2D eigenvalue weighted by Gasteiger charge is 2.48. The van der Waals surface area contributed by atoms with Gasteiger partial charge in [-0.1, -0.05) is 11.8 Å². The third-order valence-electron chi connectivity index (χ3n) is 3.54. The molecule has 0 radical (unpaired) electrons. The van der Waals surface area contributed by atoms with Crippen molar-refractivity contribution in [3.8, 4) is 0 Å². The minimum Gasteiger partial charge on any atom is -0.394 e. The summed E-state index contributed by atoms with van der Waals surface area (Å²) in [4.78, 5) is 6.74. The van der Waals surface area contributed by atoms with Gasteiger partial charge in [0.1, 0.15) is 17.6 Å². The largest absolute Gasteiger partial charge is 0.394 e. The Kier molecular flexibility index (Phi) is 3.04. The van der Waals surface area contributed by atoms with Crippen LogP contribution in [0.1, 0.15) is 6.42 Å². The van der Waals surface area contributed by atoms with E-state index in [4.69, 9.17) is 15.6 Å². The Morgan fingerprint density at radius 3 is 2.88 bits per heavy atom. The number of amidine groups is 1. The third kappa shape index (κ3) is 1.86. The lowest BCUT2D eigenvalue weighted by molar-refractivity contribution is -0.120. The first kappa shape index (κ1) is 11.7. The molecule has 3 rings (SSSR count). The summed E-state index contributed by atoms with van der Waals surface area (Å²) in [5.41, 5.74) is 5.81. The molecular formula is C10H17N3O3S. The molecule has 3 aliphatic heterocycles. The first-order valence-electron chi connectivity index (χ1n) is 5.90. The van der Waals surface area contributed by atoms with Crippen LogP contribution in [0.4, 0.5) is 0 Å². The Balaban J connectivity index is 1.74. The van der Waals surface area contributed by atoms with Gasteiger partial charge in [0, 0.05) is 13.1 Å². The predicted molar refractivity (Wildman–Crippen MR) is 64.7 cm³/mol. The highest BCUT2D eigenvalue weighted by Crippen LogP contribution is 2.37. The fourth-order valence-electron chi connectivity index (χ4n) is 2.29. The number of nitrogens with zero attached hydrogens (tertiary/aromatic N) is 2. The molecule has 4 N–H and O–H groups in total. The quantitative estimate of drug-likeness (QED) is 0.535. The van der Waals surface area contributed by atoms with Gasteiger partial charge in [-0.2, -0.15) is 0 Å². The topological polar surface area (TPSA) is 91.3 Å². The second kappa shape index (κ2) is 4.40. The van der Waals surface area contributed by atoms with Gasteiger partial charge in [0.15, 0.2) is 5.17 Å². The Labute approximate surface area is 104 Å². The van der Waals surface area contributed by atoms with Gasteiger partial charge in [0.25, 0.3) is 0 Å². The highest BCUT2D eigenvalue weighted by atomic mass is 32.2. The van der Waals surface area contributed by atoms with Crippen molar-refractivity contribution in [3.05, 3.63) is 0 Å². The smallest absolute Gasteiger partial charge is 0.162 e. The van der Waals surface area contributed by atoms with Crippen LogP contribution in [0.2, 0.25) is 0 Å². The van der Waals surface area contributed by atoms with Gasteiger partial charge in [0.2, 0.25) is 0 Å². The lowest BCUT2D eigenvalue weighted by atomic mass is 9.97. The number of thioether (sulfide) groups is 1. The lowest BCUT2D eigenvalue weighted by Crippen LogP contribution is -2.59. The van der Waals surface area contributed by atoms with Crippen molar-refractivity contribution in [2.75, 3.05) is 19.7 Å². The zero-order chi connectivity index (χ0) is 12.0. The summed E-state index contributed by atoms with van der Waals surface area (Å²) in [5.74, 6) is 0. The van der Waals surface area contributed by atoms with Crippen molar-refractivity contribution >= 4 is 16.9 Å². The summed E-state index contributed by atoms with van der Waals surface area (Å²) in [6.07, 6.45) is -0.241. The molecule has 7 heteroatoms. The number of aliphatic hydroxyl groups excluding tert-OH is 2. The van der Waals surface area contributed by atoms with Gasteiger partial charge in [0.05, 0.1) is 18.8 Å². The molecule has 5 atom stereocenters. The van der Waals surface area contributed by atoms with E-state index in [0.717, 1.165) is 18.3 Å². The van der Waals surface area contributed by atoms with Gasteiger partial charge in [-0.05, 0) is 6.42 Å². The van der Waals surface area contributed by atoms with E-state index >= 15 is 0 Å². The summed E-state index contributed by atoms with van der Waals surface area (Å²) in [7, 11) is 0. The van der Waals surface area contributed by atoms with Crippen LogP contribution in [0, 0.1) is 0 Å². The molecule has 3 heterocycles. The van der Waals surface area contributed by atoms with Crippen molar-refractivity contribution in [3.63, 3.8) is 0 Å². The van der Waals surface area contributed by atoms with Crippen LogP contribution in [0.15, 0.2) is 4.99 Å². The van der Waals surface area contributed by atoms with Gasteiger partial charge >= 0.3 is 0 Å². The standard InChI is InChI=1S/C10H17N3O3S/c11-6-7-9(16-5(4-14)8(6)15)17-10(12-7)13-2-1-3-13/h5-9,14-15H,1-4,11H2. The van der Waals surface area contributed by atoms with Crippen LogP contribution < -0.4 is 5.73 Å². The third-order valence-corrected chi connectivity index (χ3v) is 4.74. The van der Waals surface area contributed by atoms with Crippen LogP contribution in [-0.2, 0) is 4.74 Å². The zero-order valence-corrected chi connectivity index (χ0v) is 10.2. The number of hydrogen-bond acceptors (Lipinski definition) is 7. The van der Waals surface area contributed by atoms with E-state index in [1.807, 2.05) is 0 Å². The van der Waals surface area contributed by atoms with Crippen LogP contribution in [-0.4, -0.2) is 69.7 Å². The summed E-state index contributed by atoms with van der Waals surface area (Å²) in [6.45, 7) is 1.86. The molecule has 6 nitrogen and oxygen atoms in total. The number of rotatable bonds is 1. The molecule has 0 saturated carbocycles. The van der Waals surface area contributed by atoms with Crippen molar-refractivity contribution in [2.45, 2.75) is 36.1 Å². The number of aliphatic hydroxyl groups is 2. The molecule has 5 unspecified atom stereocenters. The molecule has 0 aromatic rings. The molecule has 96 valence electrons. The summed E-state index contributed by atoms with van der Waals surface area (Å²) in [6, 6.07) is -0.662. The summed E-state index contributed by atoms with van der Waals surface area (Å²) >= 11 is 1.55. The van der Waals surface area contributed by atoms with E-state index in [2.05, 4.69) is 9.89 Å². The van der Waals surface area contributed by atoms with Gasteiger partial charge < -0.3 is 25.6 Å². The molecular weight excluding hydrogens is 242 g/mol. The lowest BCUT2D eigenvalue weighted by Gasteiger charge is -2.38. The molecule has 3 aliphatic rings. The number of aliphatic imine (C=N–C) groups is 1. The predicted octanol–water partition coefficient (Wildman–Crippen LogP) is -1.43. The fourth-order valence-corrected chi connectivity index (χ4v) is 3.59. The zero-order valence-electron chi connectivity index (χ0n) is 9.40. The van der Waals surface area contributed by atoms with E-state index in [1.54, 1.807) is 11.8 Å². The number of hydrogen-bond donors (Lipinski definition) is 3. The highest BCUT2D eigenvalue weighted by molar-refractivity contribution is 8.14. The average Bonchev–Trinajstić information content (AvgIpc) is 2.64. The van der Waals surface area contributed by atoms with Crippen LogP contribution in [0.5, 0.6) is 0 Å². The molecule has 0 aliphatic carbocycles. The Bertz CT molecular complexity index is 337. The number of fused-ring (bicyclic) bond motifs is 1. The van der Waals surface area contributed by atoms with Gasteiger partial charge in [-0.25, -0.2) is 0 Å². The molecule has 0 amide bonds. The maximum Gasteiger partial charge on any atom is 0.162 e. The second-order valence-electron chi connectivity index (χ2n) is 4.65. The minimum atomic E-state index is -0.846. The number of likely N-dealkylation sites (tertiary alicyclic amines) is 1. The van der Waals surface area contributed by atoms with Crippen LogP contribution in [0.25, 0.3) is 0 Å². The van der Waals surface area contributed by atoms with E-state index in [0.29, 0.717) is 0 Å². The minimum absolute atomic E-state index is 0.166. The Morgan fingerprint density at radius 1 is 1.53 bits per heavy atom. The first-order valence-corrected chi connectivity index (χ1v) is 6.78. The first-order chi connectivity index (χ1) is 8.20. The average molecular weight is 259 g/mol. The molecule has 0 spiro atoms. The molecule has 0 aromatic carbocycles. The van der Waals surface area contributed by atoms with E-state index in [9.17, 15) is 5.11 Å². The van der Waals surface area contributed by atoms with Crippen LogP contribution in [0.3, 0.4) is 0 Å². The summed E-state index contributed by atoms with van der Waals surface area (Å²) < 4.78 is 5.63. The maximum atomic E-state index is 9.88. The van der Waals surface area contributed by atoms with Crippen molar-refractivity contribution in [2.24, 2.45) is 10.7 Å². The van der Waals surface area contributed by atoms with Gasteiger partial charge in [-0.3, -0.25) is 4.99 Å². The molecule has 0 bridgehead atoms. The second-order valence-corrected chi connectivity index (χ2v) is 5.72. The number of nitrogens with two attached hydrogens (primary N) is 1. The summed E-state index contributed by atoms with van der Waals surface area (Å²) in [5, 5.41) is 20.0. The van der Waals surface area contributed by atoms with E-state index < -0.39 is 18.2 Å². The normalized spacial score (nSPS) is 45.2. The van der Waals surface area contributed by atoms with Crippen LogP contribution >= 0.6 is 11.8 Å². The SMILES string of the molecule is NC1C(O)C(CO)OC2SC(N3CCC3)=NC21. The monoisotopic (exact) mass is 259 g/mol. The molecule has 0 aromatic heterocycles. The fraction of sp³-hybridized carbons (Fsp3) is 0.900. The maximum absolute atomic E-state index is 9.88. The molecule has 2 saturated heterocycles. The van der Waals surface area contributed by atoms with E-state index in [-0.39, 0.29) is 18.1 Å². The van der Waals surface area contributed by atoms with Crippen molar-refractivity contribution in [1.29, 1.82) is 0 Å². The Hall–Kier alpha value is -0.340. The molecule has 17 heavy (non-hydrogen) atoms. The van der Waals surface area contributed by atoms with E-state index in [1.165, 1.54) is 6.42 Å². The molecule has 2 fully saturated rings. The van der Waals surface area contributed by atoms with Crippen molar-refractivity contribution in [1.82, 2.24) is 4.90 Å². The number of ether oxygens (including phenoxy) is 1. The Morgan fingerprint density at radius 2 is 2.29 bits per heavy atom. The van der Waals surface area contributed by atoms with Crippen molar-refractivity contribution < 1.29 is 14.9 Å².